The van der Waals surface area contributed by atoms with Crippen molar-refractivity contribution < 1.29 is 28.9 Å². The first-order valence-electron chi connectivity index (χ1n) is 7.68. The highest BCUT2D eigenvalue weighted by atomic mass is 16.7. The van der Waals surface area contributed by atoms with Crippen molar-refractivity contribution in [1.82, 2.24) is 5.32 Å². The molecule has 0 fully saturated rings. The molecule has 0 saturated carbocycles. The fourth-order valence-corrected chi connectivity index (χ4v) is 2.28. The van der Waals surface area contributed by atoms with Gasteiger partial charge < -0.3 is 24.6 Å². The van der Waals surface area contributed by atoms with Gasteiger partial charge in [-0.1, -0.05) is 6.07 Å². The molecular formula is C17H23NO6. The summed E-state index contributed by atoms with van der Waals surface area (Å²) in [6, 6.07) is 4.09. The molecule has 1 unspecified atom stereocenters. The molecule has 7 heteroatoms. The Bertz CT molecular complexity index is 647. The number of nitrogens with one attached hydrogen (secondary N) is 1. The summed E-state index contributed by atoms with van der Waals surface area (Å²) in [5.74, 6) is -0.726. The normalized spacial score (nSPS) is 16.4. The van der Waals surface area contributed by atoms with Crippen molar-refractivity contribution >= 4 is 12.1 Å². The summed E-state index contributed by atoms with van der Waals surface area (Å²) < 4.78 is 16.3. The Labute approximate surface area is 140 Å². The minimum absolute atomic E-state index is 0.103. The van der Waals surface area contributed by atoms with Crippen LogP contribution in [-0.4, -0.2) is 34.6 Å². The van der Waals surface area contributed by atoms with Gasteiger partial charge in [-0.3, -0.25) is 0 Å². The van der Waals surface area contributed by atoms with Gasteiger partial charge in [0, 0.05) is 20.3 Å². The highest BCUT2D eigenvalue weighted by Gasteiger charge is 2.32. The van der Waals surface area contributed by atoms with Crippen LogP contribution < -0.4 is 14.8 Å². The van der Waals surface area contributed by atoms with Crippen LogP contribution >= 0.6 is 0 Å². The van der Waals surface area contributed by atoms with Gasteiger partial charge in [-0.2, -0.15) is 0 Å². The van der Waals surface area contributed by atoms with Gasteiger partial charge in [-0.05, 0) is 38.5 Å². The molecule has 7 nitrogen and oxygen atoms in total. The second-order valence-corrected chi connectivity index (χ2v) is 7.13. The van der Waals surface area contributed by atoms with E-state index < -0.39 is 29.5 Å². The van der Waals surface area contributed by atoms with E-state index in [1.165, 1.54) is 0 Å². The highest BCUT2D eigenvalue weighted by molar-refractivity contribution is 5.80. The van der Waals surface area contributed by atoms with E-state index in [-0.39, 0.29) is 6.42 Å². The summed E-state index contributed by atoms with van der Waals surface area (Å²) in [7, 11) is 0. The molecular weight excluding hydrogens is 314 g/mol. The van der Waals surface area contributed by atoms with E-state index in [2.05, 4.69) is 5.32 Å². The first-order valence-corrected chi connectivity index (χ1v) is 7.68. The Morgan fingerprint density at radius 3 is 2.46 bits per heavy atom. The first-order chi connectivity index (χ1) is 11.0. The van der Waals surface area contributed by atoms with E-state index in [1.54, 1.807) is 52.8 Å². The number of hydrogen-bond acceptors (Lipinski definition) is 5. The quantitative estimate of drug-likeness (QED) is 0.877. The Morgan fingerprint density at radius 2 is 1.88 bits per heavy atom. The number of benzene rings is 1. The maximum Gasteiger partial charge on any atom is 0.408 e. The van der Waals surface area contributed by atoms with Crippen LogP contribution in [-0.2, 0) is 16.0 Å². The number of alkyl carbamates (subject to hydrolysis) is 1. The lowest BCUT2D eigenvalue weighted by Gasteiger charge is -2.22. The summed E-state index contributed by atoms with van der Waals surface area (Å²) in [5.41, 5.74) is 0.01000. The maximum absolute atomic E-state index is 11.8. The van der Waals surface area contributed by atoms with Crippen molar-refractivity contribution in [2.75, 3.05) is 0 Å². The molecule has 1 aliphatic rings. The number of carboxylic acid groups (broad SMARTS) is 1. The minimum atomic E-state index is -1.14. The van der Waals surface area contributed by atoms with Crippen LogP contribution in [0.25, 0.3) is 0 Å². The third-order valence-corrected chi connectivity index (χ3v) is 3.15. The minimum Gasteiger partial charge on any atom is -0.480 e. The lowest BCUT2D eigenvalue weighted by atomic mass is 10.1. The second kappa shape index (κ2) is 6.22. The Kier molecular flexibility index (Phi) is 4.64. The van der Waals surface area contributed by atoms with Crippen LogP contribution in [0.15, 0.2) is 18.2 Å². The topological polar surface area (TPSA) is 94.1 Å². The molecule has 1 atom stereocenters. The second-order valence-electron chi connectivity index (χ2n) is 7.13. The van der Waals surface area contributed by atoms with Crippen molar-refractivity contribution in [3.05, 3.63) is 23.8 Å². The molecule has 2 rings (SSSR count). The highest BCUT2D eigenvalue weighted by Crippen LogP contribution is 2.39. The lowest BCUT2D eigenvalue weighted by molar-refractivity contribution is -0.139. The monoisotopic (exact) mass is 337 g/mol. The predicted molar refractivity (Wildman–Crippen MR) is 86.3 cm³/mol. The van der Waals surface area contributed by atoms with Gasteiger partial charge in [0.15, 0.2) is 11.5 Å². The van der Waals surface area contributed by atoms with Crippen molar-refractivity contribution in [2.45, 2.75) is 58.5 Å². The largest absolute Gasteiger partial charge is 0.480 e. The van der Waals surface area contributed by atoms with Crippen LogP contribution in [0.1, 0.15) is 40.2 Å². The maximum atomic E-state index is 11.8. The van der Waals surface area contributed by atoms with E-state index >= 15 is 0 Å². The van der Waals surface area contributed by atoms with E-state index in [4.69, 9.17) is 14.2 Å². The number of aliphatic carboxylic acids is 1. The molecule has 1 aromatic rings. The first kappa shape index (κ1) is 17.9. The van der Waals surface area contributed by atoms with Gasteiger partial charge >= 0.3 is 12.1 Å². The molecule has 132 valence electrons. The molecule has 1 aromatic carbocycles. The summed E-state index contributed by atoms with van der Waals surface area (Å²) >= 11 is 0. The number of carbonyl (C=O) groups excluding carboxylic acids is 1. The molecule has 0 aliphatic carbocycles. The number of hydrogen-bond donors (Lipinski definition) is 2. The smallest absolute Gasteiger partial charge is 0.408 e. The van der Waals surface area contributed by atoms with E-state index in [0.717, 1.165) is 0 Å². The molecule has 1 amide bonds. The zero-order valence-electron chi connectivity index (χ0n) is 14.5. The van der Waals surface area contributed by atoms with E-state index in [1.807, 2.05) is 0 Å². The zero-order valence-corrected chi connectivity index (χ0v) is 14.5. The standard InChI is InChI=1S/C17H23NO6/c1-16(2,3)24-15(21)18-11(14(19)20)8-10-6-7-12-13(9-10)23-17(4,5)22-12/h6-7,9,11H,8H2,1-5H3,(H,18,21)(H,19,20). The third kappa shape index (κ3) is 4.78. The fourth-order valence-electron chi connectivity index (χ4n) is 2.28. The molecule has 1 heterocycles. The predicted octanol–water partition coefficient (Wildman–Crippen LogP) is 2.71. The summed E-state index contributed by atoms with van der Waals surface area (Å²) in [6.07, 6.45) is -0.664. The Balaban J connectivity index is 2.07. The summed E-state index contributed by atoms with van der Waals surface area (Å²) in [6.45, 7) is 8.71. The van der Waals surface area contributed by atoms with Crippen LogP contribution in [0.2, 0.25) is 0 Å². The van der Waals surface area contributed by atoms with E-state index in [9.17, 15) is 14.7 Å². The van der Waals surface area contributed by atoms with Gasteiger partial charge in [0.05, 0.1) is 0 Å². The fraction of sp³-hybridized carbons (Fsp3) is 0.529. The van der Waals surface area contributed by atoms with Gasteiger partial charge in [-0.15, -0.1) is 0 Å². The van der Waals surface area contributed by atoms with Gasteiger partial charge in [-0.25, -0.2) is 9.59 Å². The molecule has 0 bridgehead atoms. The van der Waals surface area contributed by atoms with Crippen LogP contribution in [0.5, 0.6) is 11.5 Å². The van der Waals surface area contributed by atoms with Crippen molar-refractivity contribution in [3.8, 4) is 11.5 Å². The van der Waals surface area contributed by atoms with E-state index in [0.29, 0.717) is 17.1 Å². The van der Waals surface area contributed by atoms with Gasteiger partial charge in [0.2, 0.25) is 5.79 Å². The lowest BCUT2D eigenvalue weighted by Crippen LogP contribution is -2.44. The third-order valence-electron chi connectivity index (χ3n) is 3.15. The molecule has 0 radical (unpaired) electrons. The number of amides is 1. The van der Waals surface area contributed by atoms with Crippen LogP contribution in [0, 0.1) is 0 Å². The number of carbonyl (C=O) groups is 2. The average Bonchev–Trinajstić information content (AvgIpc) is 2.68. The summed E-state index contributed by atoms with van der Waals surface area (Å²) in [5, 5.41) is 11.7. The molecule has 1 aliphatic heterocycles. The number of rotatable bonds is 4. The SMILES string of the molecule is CC(C)(C)OC(=O)NC(Cc1ccc2c(c1)OC(C)(C)O2)C(=O)O. The molecule has 0 spiro atoms. The van der Waals surface area contributed by atoms with Gasteiger partial charge in [0.1, 0.15) is 11.6 Å². The number of ether oxygens (including phenoxy) is 3. The Morgan fingerprint density at radius 1 is 1.25 bits per heavy atom. The molecule has 24 heavy (non-hydrogen) atoms. The number of fused-ring (bicyclic) bond motifs is 1. The zero-order chi connectivity index (χ0) is 18.1. The number of carboxylic acids is 1. The van der Waals surface area contributed by atoms with Crippen molar-refractivity contribution in [3.63, 3.8) is 0 Å². The van der Waals surface area contributed by atoms with Crippen molar-refractivity contribution in [1.29, 1.82) is 0 Å². The van der Waals surface area contributed by atoms with Crippen LogP contribution in [0.3, 0.4) is 0 Å². The summed E-state index contributed by atoms with van der Waals surface area (Å²) in [4.78, 5) is 23.2. The molecule has 0 saturated heterocycles. The van der Waals surface area contributed by atoms with Crippen molar-refractivity contribution in [2.24, 2.45) is 0 Å². The Hall–Kier alpha value is -2.44. The molecule has 0 aromatic heterocycles. The molecule has 2 N–H and O–H groups in total. The average molecular weight is 337 g/mol. The van der Waals surface area contributed by atoms with Crippen LogP contribution in [0.4, 0.5) is 4.79 Å². The van der Waals surface area contributed by atoms with Gasteiger partial charge in [0.25, 0.3) is 0 Å².